The summed E-state index contributed by atoms with van der Waals surface area (Å²) in [6, 6.07) is 4.74. The maximum atomic E-state index is 13.6. The zero-order chi connectivity index (χ0) is 11.7. The maximum absolute atomic E-state index is 13.6. The van der Waals surface area contributed by atoms with Gasteiger partial charge in [0.25, 0.3) is 0 Å². The SMILES string of the molecule is CC(O)C1CCN(c2ccc(N)cc2F)C1. The predicted octanol–water partition coefficient (Wildman–Crippen LogP) is 1.61. The lowest BCUT2D eigenvalue weighted by Crippen LogP contribution is -2.24. The van der Waals surface area contributed by atoms with E-state index in [4.69, 9.17) is 5.73 Å². The first kappa shape index (κ1) is 11.2. The number of halogens is 1. The van der Waals surface area contributed by atoms with E-state index in [1.807, 2.05) is 4.90 Å². The van der Waals surface area contributed by atoms with Gasteiger partial charge in [0.1, 0.15) is 5.82 Å². The highest BCUT2D eigenvalue weighted by molar-refractivity contribution is 5.55. The molecule has 16 heavy (non-hydrogen) atoms. The van der Waals surface area contributed by atoms with Gasteiger partial charge in [-0.05, 0) is 31.5 Å². The fourth-order valence-electron chi connectivity index (χ4n) is 2.18. The first-order valence-corrected chi connectivity index (χ1v) is 5.56. The van der Waals surface area contributed by atoms with Crippen molar-refractivity contribution in [3.8, 4) is 0 Å². The molecule has 3 N–H and O–H groups in total. The number of nitrogen functional groups attached to an aromatic ring is 1. The van der Waals surface area contributed by atoms with Gasteiger partial charge in [-0.15, -0.1) is 0 Å². The Hall–Kier alpha value is -1.29. The minimum atomic E-state index is -0.332. The van der Waals surface area contributed by atoms with E-state index in [1.54, 1.807) is 19.1 Å². The summed E-state index contributed by atoms with van der Waals surface area (Å²) in [7, 11) is 0. The van der Waals surface area contributed by atoms with E-state index in [2.05, 4.69) is 0 Å². The Morgan fingerprint density at radius 2 is 2.31 bits per heavy atom. The molecule has 0 aliphatic carbocycles. The minimum Gasteiger partial charge on any atom is -0.399 e. The molecule has 2 atom stereocenters. The summed E-state index contributed by atoms with van der Waals surface area (Å²) in [5.74, 6) is -0.0526. The minimum absolute atomic E-state index is 0.233. The summed E-state index contributed by atoms with van der Waals surface area (Å²) in [6.07, 6.45) is 0.573. The molecule has 3 nitrogen and oxygen atoms in total. The summed E-state index contributed by atoms with van der Waals surface area (Å²) in [5.41, 5.74) is 6.52. The molecule has 1 aromatic carbocycles. The van der Waals surface area contributed by atoms with Crippen molar-refractivity contribution >= 4 is 11.4 Å². The van der Waals surface area contributed by atoms with Gasteiger partial charge in [-0.3, -0.25) is 0 Å². The molecule has 1 heterocycles. The second kappa shape index (κ2) is 4.29. The van der Waals surface area contributed by atoms with E-state index in [-0.39, 0.29) is 17.8 Å². The van der Waals surface area contributed by atoms with Crippen LogP contribution in [0.1, 0.15) is 13.3 Å². The molecule has 1 aromatic rings. The molecule has 1 aliphatic heterocycles. The largest absolute Gasteiger partial charge is 0.399 e. The summed E-state index contributed by atoms with van der Waals surface area (Å²) in [6.45, 7) is 3.28. The van der Waals surface area contributed by atoms with Crippen LogP contribution in [0.4, 0.5) is 15.8 Å². The van der Waals surface area contributed by atoms with E-state index in [9.17, 15) is 9.50 Å². The number of anilines is 2. The average Bonchev–Trinajstić information content (AvgIpc) is 2.66. The van der Waals surface area contributed by atoms with E-state index in [0.717, 1.165) is 13.0 Å². The highest BCUT2D eigenvalue weighted by Crippen LogP contribution is 2.28. The van der Waals surface area contributed by atoms with Crippen LogP contribution in [0, 0.1) is 11.7 Å². The Labute approximate surface area is 94.7 Å². The smallest absolute Gasteiger partial charge is 0.148 e. The lowest BCUT2D eigenvalue weighted by atomic mass is 10.0. The Kier molecular flexibility index (Phi) is 3.01. The number of hydrogen-bond acceptors (Lipinski definition) is 3. The lowest BCUT2D eigenvalue weighted by Gasteiger charge is -2.20. The lowest BCUT2D eigenvalue weighted by molar-refractivity contribution is 0.136. The third-order valence-electron chi connectivity index (χ3n) is 3.22. The van der Waals surface area contributed by atoms with Gasteiger partial charge in [0.05, 0.1) is 11.8 Å². The van der Waals surface area contributed by atoms with Crippen molar-refractivity contribution in [3.05, 3.63) is 24.0 Å². The third-order valence-corrected chi connectivity index (χ3v) is 3.22. The Balaban J connectivity index is 2.14. The Morgan fingerprint density at radius 3 is 2.88 bits per heavy atom. The number of aliphatic hydroxyl groups is 1. The van der Waals surface area contributed by atoms with Crippen molar-refractivity contribution in [1.82, 2.24) is 0 Å². The number of rotatable bonds is 2. The molecule has 0 aromatic heterocycles. The van der Waals surface area contributed by atoms with Gasteiger partial charge in [0.2, 0.25) is 0 Å². The molecule has 0 radical (unpaired) electrons. The molecule has 2 unspecified atom stereocenters. The van der Waals surface area contributed by atoms with Gasteiger partial charge < -0.3 is 15.7 Å². The van der Waals surface area contributed by atoms with Crippen LogP contribution in [0.3, 0.4) is 0 Å². The van der Waals surface area contributed by atoms with Crippen LogP contribution in [-0.2, 0) is 0 Å². The van der Waals surface area contributed by atoms with Gasteiger partial charge in [-0.1, -0.05) is 0 Å². The number of nitrogens with zero attached hydrogens (tertiary/aromatic N) is 1. The zero-order valence-electron chi connectivity index (χ0n) is 9.36. The molecule has 1 saturated heterocycles. The normalized spacial score (nSPS) is 22.4. The van der Waals surface area contributed by atoms with Crippen LogP contribution in [0.2, 0.25) is 0 Å². The zero-order valence-corrected chi connectivity index (χ0v) is 9.36. The number of benzene rings is 1. The van der Waals surface area contributed by atoms with Gasteiger partial charge >= 0.3 is 0 Å². The third kappa shape index (κ3) is 2.11. The average molecular weight is 224 g/mol. The molecule has 0 saturated carbocycles. The molecule has 88 valence electrons. The first-order valence-electron chi connectivity index (χ1n) is 5.56. The summed E-state index contributed by atoms with van der Waals surface area (Å²) in [4.78, 5) is 1.96. The van der Waals surface area contributed by atoms with E-state index < -0.39 is 0 Å². The highest BCUT2D eigenvalue weighted by Gasteiger charge is 2.27. The molecule has 2 rings (SSSR count). The van der Waals surface area contributed by atoms with Crippen LogP contribution in [0.25, 0.3) is 0 Å². The second-order valence-corrected chi connectivity index (χ2v) is 4.45. The van der Waals surface area contributed by atoms with Gasteiger partial charge in [0, 0.05) is 24.7 Å². The van der Waals surface area contributed by atoms with Crippen molar-refractivity contribution < 1.29 is 9.50 Å². The van der Waals surface area contributed by atoms with Crippen molar-refractivity contribution in [2.75, 3.05) is 23.7 Å². The van der Waals surface area contributed by atoms with Gasteiger partial charge in [0.15, 0.2) is 0 Å². The predicted molar refractivity (Wildman–Crippen MR) is 62.8 cm³/mol. The van der Waals surface area contributed by atoms with Crippen molar-refractivity contribution in [1.29, 1.82) is 0 Å². The molecular weight excluding hydrogens is 207 g/mol. The van der Waals surface area contributed by atoms with Crippen molar-refractivity contribution in [2.24, 2.45) is 5.92 Å². The Bertz CT molecular complexity index is 381. The fourth-order valence-corrected chi connectivity index (χ4v) is 2.18. The number of nitrogens with two attached hydrogens (primary N) is 1. The van der Waals surface area contributed by atoms with Crippen LogP contribution in [0.5, 0.6) is 0 Å². The topological polar surface area (TPSA) is 49.5 Å². The van der Waals surface area contributed by atoms with Gasteiger partial charge in [-0.25, -0.2) is 4.39 Å². The molecule has 1 aliphatic rings. The van der Waals surface area contributed by atoms with Crippen LogP contribution < -0.4 is 10.6 Å². The molecule has 4 heteroatoms. The van der Waals surface area contributed by atoms with Crippen LogP contribution >= 0.6 is 0 Å². The van der Waals surface area contributed by atoms with E-state index >= 15 is 0 Å². The molecule has 0 spiro atoms. The second-order valence-electron chi connectivity index (χ2n) is 4.45. The fraction of sp³-hybridized carbons (Fsp3) is 0.500. The molecular formula is C12H17FN2O. The Morgan fingerprint density at radius 1 is 1.56 bits per heavy atom. The van der Waals surface area contributed by atoms with Crippen molar-refractivity contribution in [3.63, 3.8) is 0 Å². The van der Waals surface area contributed by atoms with E-state index in [1.165, 1.54) is 6.07 Å². The quantitative estimate of drug-likeness (QED) is 0.750. The monoisotopic (exact) mass is 224 g/mol. The number of aliphatic hydroxyl groups excluding tert-OH is 1. The molecule has 0 amide bonds. The summed E-state index contributed by atoms with van der Waals surface area (Å²) >= 11 is 0. The van der Waals surface area contributed by atoms with Gasteiger partial charge in [-0.2, -0.15) is 0 Å². The number of hydrogen-bond donors (Lipinski definition) is 2. The summed E-state index contributed by atoms with van der Waals surface area (Å²) < 4.78 is 13.6. The molecule has 1 fully saturated rings. The highest BCUT2D eigenvalue weighted by atomic mass is 19.1. The standard InChI is InChI=1S/C12H17FN2O/c1-8(16)9-4-5-15(7-9)12-3-2-10(14)6-11(12)13/h2-3,6,8-9,16H,4-5,7,14H2,1H3. The van der Waals surface area contributed by atoms with E-state index in [0.29, 0.717) is 17.9 Å². The first-order chi connectivity index (χ1) is 7.58. The molecule has 0 bridgehead atoms. The summed E-state index contributed by atoms with van der Waals surface area (Å²) in [5, 5.41) is 9.49. The van der Waals surface area contributed by atoms with Crippen LogP contribution in [0.15, 0.2) is 18.2 Å². The van der Waals surface area contributed by atoms with Crippen LogP contribution in [-0.4, -0.2) is 24.3 Å². The maximum Gasteiger partial charge on any atom is 0.148 e. The van der Waals surface area contributed by atoms with Crippen molar-refractivity contribution in [2.45, 2.75) is 19.4 Å².